The highest BCUT2D eigenvalue weighted by Crippen LogP contribution is 2.75. The predicted octanol–water partition coefficient (Wildman–Crippen LogP) is 2.25. The summed E-state index contributed by atoms with van der Waals surface area (Å²) < 4.78 is 36.1. The Morgan fingerprint density at radius 3 is 1.94 bits per heavy atom. The monoisotopic (exact) mass is 700 g/mol. The van der Waals surface area contributed by atoms with Gasteiger partial charge in [-0.25, -0.2) is 4.79 Å². The minimum Gasteiger partial charge on any atom is -0.504 e. The van der Waals surface area contributed by atoms with Gasteiger partial charge in [0.25, 0.3) is 0 Å². The highest BCUT2D eigenvalue weighted by atomic mass is 16.6. The van der Waals surface area contributed by atoms with Gasteiger partial charge >= 0.3 is 29.8 Å². The van der Waals surface area contributed by atoms with E-state index in [0.717, 1.165) is 0 Å². The number of carbonyl (C=O) groups is 6. The van der Waals surface area contributed by atoms with Crippen LogP contribution in [-0.4, -0.2) is 88.1 Å². The van der Waals surface area contributed by atoms with E-state index in [-0.39, 0.29) is 17.8 Å². The molecule has 2 aliphatic heterocycles. The molecule has 0 radical (unpaired) electrons. The topological polar surface area (TPSA) is 202 Å². The van der Waals surface area contributed by atoms with Crippen molar-refractivity contribution in [3.8, 4) is 0 Å². The third-order valence-corrected chi connectivity index (χ3v) is 13.6. The fraction of sp³-hybridized carbons (Fsp3) is 0.722. The number of aliphatic hydroxyl groups is 2. The molecule has 3 saturated carbocycles. The number of Topliss-reactive ketones (excluding diaryl/α,β-unsaturated/α-hetero) is 1. The van der Waals surface area contributed by atoms with Crippen LogP contribution in [0.2, 0.25) is 0 Å². The normalized spacial score (nSPS) is 49.4. The summed E-state index contributed by atoms with van der Waals surface area (Å²) >= 11 is 0. The summed E-state index contributed by atoms with van der Waals surface area (Å²) in [5.41, 5.74) is -6.12. The largest absolute Gasteiger partial charge is 0.504 e. The average molecular weight is 701 g/mol. The predicted molar refractivity (Wildman–Crippen MR) is 166 cm³/mol. The van der Waals surface area contributed by atoms with E-state index in [1.54, 1.807) is 26.8 Å². The molecule has 50 heavy (non-hydrogen) atoms. The van der Waals surface area contributed by atoms with Crippen molar-refractivity contribution in [1.29, 1.82) is 0 Å². The van der Waals surface area contributed by atoms with Crippen molar-refractivity contribution in [2.75, 3.05) is 0 Å². The first-order valence-electron chi connectivity index (χ1n) is 17.1. The van der Waals surface area contributed by atoms with Gasteiger partial charge in [0.1, 0.15) is 36.3 Å². The fourth-order valence-corrected chi connectivity index (χ4v) is 11.7. The van der Waals surface area contributed by atoms with Crippen LogP contribution in [0.15, 0.2) is 23.2 Å². The average Bonchev–Trinajstić information content (AvgIpc) is 3.68. The fourth-order valence-electron chi connectivity index (χ4n) is 11.7. The molecular weight excluding hydrogens is 656 g/mol. The number of carbonyl (C=O) groups excluding carboxylic acids is 6. The highest BCUT2D eigenvalue weighted by Gasteiger charge is 2.83. The minimum absolute atomic E-state index is 0.135. The number of ether oxygens (including phenoxy) is 6. The first-order valence-corrected chi connectivity index (χ1v) is 17.1. The van der Waals surface area contributed by atoms with Crippen molar-refractivity contribution in [1.82, 2.24) is 0 Å². The summed E-state index contributed by atoms with van der Waals surface area (Å²) in [6.07, 6.45) is -4.05. The minimum atomic E-state index is -2.12. The molecule has 5 aliphatic carbocycles. The van der Waals surface area contributed by atoms with Gasteiger partial charge in [-0.05, 0) is 37.3 Å². The van der Waals surface area contributed by atoms with Crippen molar-refractivity contribution in [2.24, 2.45) is 51.8 Å². The number of allylic oxidation sites excluding steroid dienone is 2. The number of aliphatic hydroxyl groups excluding tert-OH is 1. The van der Waals surface area contributed by atoms with E-state index in [4.69, 9.17) is 28.4 Å². The zero-order valence-electron chi connectivity index (χ0n) is 29.5. The van der Waals surface area contributed by atoms with Crippen LogP contribution in [0.5, 0.6) is 0 Å². The smallest absolute Gasteiger partial charge is 0.343 e. The Hall–Kier alpha value is -3.78. The lowest BCUT2D eigenvalue weighted by atomic mass is 9.43. The number of ketones is 1. The van der Waals surface area contributed by atoms with Gasteiger partial charge in [0, 0.05) is 68.6 Å². The van der Waals surface area contributed by atoms with E-state index < -0.39 is 135 Å². The Bertz CT molecular complexity index is 1690. The number of rotatable bonds is 4. The van der Waals surface area contributed by atoms with Crippen LogP contribution in [0.1, 0.15) is 68.7 Å². The van der Waals surface area contributed by atoms with Crippen molar-refractivity contribution in [3.05, 3.63) is 23.2 Å². The standard InChI is InChI=1S/C36H44O14/c1-12-10-19-35(8,36(9,44)32(43)50-19)24-21(12)34(7)22(28(24)45-13(2)37)20-23(29(46-14(3)38)31(34)48-16(5)40)33(6)17(25(41)26(20)42)11-18-27(49-18)30(33)47-15(4)39/h10,12,18,20-24,27-31,41,44H,11H2,1-9H3/t12-,18+,20+,21+,22-,23-,24+,27+,28-,29+,30+,31+,33+,34-,35+,36-/m1/s1. The van der Waals surface area contributed by atoms with Crippen LogP contribution in [0.4, 0.5) is 0 Å². The van der Waals surface area contributed by atoms with Crippen molar-refractivity contribution in [2.45, 2.75) is 111 Å². The molecule has 0 aromatic heterocycles. The van der Waals surface area contributed by atoms with Crippen LogP contribution >= 0.6 is 0 Å². The molecular formula is C36H44O14. The summed E-state index contributed by atoms with van der Waals surface area (Å²) in [6.45, 7) is 13.2. The molecule has 7 aliphatic rings. The van der Waals surface area contributed by atoms with E-state index in [1.807, 2.05) is 6.92 Å². The van der Waals surface area contributed by atoms with E-state index in [9.17, 15) is 39.0 Å². The molecule has 0 aromatic carbocycles. The lowest BCUT2D eigenvalue weighted by Crippen LogP contribution is -2.70. The summed E-state index contributed by atoms with van der Waals surface area (Å²) in [5.74, 6) is -10.3. The lowest BCUT2D eigenvalue weighted by Gasteiger charge is -2.62. The van der Waals surface area contributed by atoms with Crippen LogP contribution in [0, 0.1) is 51.8 Å². The van der Waals surface area contributed by atoms with Gasteiger partial charge in [0.05, 0.1) is 11.5 Å². The van der Waals surface area contributed by atoms with Crippen LogP contribution in [-0.2, 0) is 57.2 Å². The molecule has 272 valence electrons. The van der Waals surface area contributed by atoms with Gasteiger partial charge in [0.15, 0.2) is 11.4 Å². The number of hydrogen-bond donors (Lipinski definition) is 2. The maximum absolute atomic E-state index is 14.9. The Morgan fingerprint density at radius 2 is 1.36 bits per heavy atom. The number of epoxide rings is 1. The van der Waals surface area contributed by atoms with Crippen molar-refractivity contribution < 1.29 is 67.4 Å². The quantitative estimate of drug-likeness (QED) is 0.246. The SMILES string of the molecule is CC(=O)O[C@@H]1[C@H]2[C@@H]3C(=O)C(O)=C4C[C@@H]5O[C@@H]5[C@H](OC(C)=O)[C@]4(C)[C@H]3[C@H](OC(C)=O)[C@H](OC(C)=O)[C@]2(C)[C@@H]2[C@@H]1[C@]1(C)C(=C[C@H]2C)OC(=O)[C@@]1(C)O. The number of esters is 5. The Labute approximate surface area is 288 Å². The van der Waals surface area contributed by atoms with E-state index in [1.165, 1.54) is 34.6 Å². The van der Waals surface area contributed by atoms with Gasteiger partial charge in [0.2, 0.25) is 5.78 Å². The molecule has 0 spiro atoms. The van der Waals surface area contributed by atoms with Crippen LogP contribution in [0.3, 0.4) is 0 Å². The molecule has 2 N–H and O–H groups in total. The molecule has 14 nitrogen and oxygen atoms in total. The zero-order chi connectivity index (χ0) is 36.8. The summed E-state index contributed by atoms with van der Waals surface area (Å²) in [5, 5.41) is 23.8. The molecule has 16 atom stereocenters. The molecule has 14 heteroatoms. The summed E-state index contributed by atoms with van der Waals surface area (Å²) in [6, 6.07) is 0. The van der Waals surface area contributed by atoms with E-state index in [0.29, 0.717) is 0 Å². The van der Waals surface area contributed by atoms with Crippen molar-refractivity contribution in [3.63, 3.8) is 0 Å². The number of fused-ring (bicyclic) bond motifs is 10. The second kappa shape index (κ2) is 10.6. The highest BCUT2D eigenvalue weighted by molar-refractivity contribution is 5.98. The maximum atomic E-state index is 14.9. The molecule has 0 amide bonds. The molecule has 7 rings (SSSR count). The molecule has 0 unspecified atom stereocenters. The maximum Gasteiger partial charge on any atom is 0.343 e. The molecule has 0 bridgehead atoms. The van der Waals surface area contributed by atoms with E-state index >= 15 is 0 Å². The second-order valence-electron chi connectivity index (χ2n) is 16.1. The summed E-state index contributed by atoms with van der Waals surface area (Å²) in [7, 11) is 0. The van der Waals surface area contributed by atoms with Gasteiger partial charge < -0.3 is 38.6 Å². The lowest BCUT2D eigenvalue weighted by molar-refractivity contribution is -0.242. The van der Waals surface area contributed by atoms with Gasteiger partial charge in [-0.2, -0.15) is 0 Å². The molecule has 0 aromatic rings. The molecule has 2 saturated heterocycles. The third kappa shape index (κ3) is 4.14. The summed E-state index contributed by atoms with van der Waals surface area (Å²) in [4.78, 5) is 80.0. The first kappa shape index (κ1) is 34.7. The van der Waals surface area contributed by atoms with Gasteiger partial charge in [-0.15, -0.1) is 0 Å². The van der Waals surface area contributed by atoms with Crippen LogP contribution < -0.4 is 0 Å². The van der Waals surface area contributed by atoms with E-state index in [2.05, 4.69) is 0 Å². The molecule has 5 fully saturated rings. The second-order valence-corrected chi connectivity index (χ2v) is 16.1. The van der Waals surface area contributed by atoms with Crippen LogP contribution in [0.25, 0.3) is 0 Å². The third-order valence-electron chi connectivity index (χ3n) is 13.6. The zero-order valence-corrected chi connectivity index (χ0v) is 29.5. The molecule has 2 heterocycles. The first-order chi connectivity index (χ1) is 23.1. The van der Waals surface area contributed by atoms with Crippen molar-refractivity contribution >= 4 is 35.6 Å². The Morgan fingerprint density at radius 1 is 0.800 bits per heavy atom. The van der Waals surface area contributed by atoms with Gasteiger partial charge in [-0.3, -0.25) is 24.0 Å². The van der Waals surface area contributed by atoms with Gasteiger partial charge in [-0.1, -0.05) is 20.8 Å². The Balaban J connectivity index is 1.55. The number of hydrogen-bond acceptors (Lipinski definition) is 14. The Kier molecular flexibility index (Phi) is 7.37.